The highest BCUT2D eigenvalue weighted by Crippen LogP contribution is 2.41. The zero-order valence-electron chi connectivity index (χ0n) is 29.0. The van der Waals surface area contributed by atoms with Gasteiger partial charge in [-0.25, -0.2) is 19.6 Å². The highest BCUT2D eigenvalue weighted by Gasteiger charge is 2.44. The van der Waals surface area contributed by atoms with E-state index in [0.29, 0.717) is 17.8 Å². The number of nitriles is 2. The Morgan fingerprint density at radius 1 is 1.11 bits per heavy atom. The van der Waals surface area contributed by atoms with Crippen LogP contribution in [-0.4, -0.2) is 52.8 Å². The molecule has 2 aromatic rings. The molecule has 4 aliphatic rings. The Morgan fingerprint density at radius 3 is 2.61 bits per heavy atom. The molecule has 4 heterocycles. The first-order valence-electron chi connectivity index (χ1n) is 17.4. The number of aromatic nitrogens is 2. The van der Waals surface area contributed by atoms with Gasteiger partial charge in [0.25, 0.3) is 0 Å². The molecular weight excluding hydrogens is 573 g/mol. The number of halogens is 1. The van der Waals surface area contributed by atoms with Gasteiger partial charge in [-0.3, -0.25) is 4.90 Å². The lowest BCUT2D eigenvalue weighted by Gasteiger charge is -2.36. The van der Waals surface area contributed by atoms with E-state index in [2.05, 4.69) is 61.4 Å². The minimum Gasteiger partial charge on any atom is -0.398 e. The van der Waals surface area contributed by atoms with Crippen LogP contribution >= 0.6 is 0 Å². The summed E-state index contributed by atoms with van der Waals surface area (Å²) in [6, 6.07) is 8.04. The number of allylic oxidation sites excluding steroid dienone is 1. The van der Waals surface area contributed by atoms with Crippen LogP contribution in [0.4, 0.5) is 15.9 Å². The first kappa shape index (κ1) is 37.0. The van der Waals surface area contributed by atoms with Crippen molar-refractivity contribution in [2.75, 3.05) is 36.8 Å². The van der Waals surface area contributed by atoms with Crippen LogP contribution in [0.25, 0.3) is 0 Å². The van der Waals surface area contributed by atoms with Crippen molar-refractivity contribution >= 4 is 11.5 Å². The summed E-state index contributed by atoms with van der Waals surface area (Å²) in [5, 5.41) is 15.7. The number of alkyl halides is 1. The lowest BCUT2D eigenvalue weighted by Crippen LogP contribution is -2.34. The second-order valence-corrected chi connectivity index (χ2v) is 13.5. The van der Waals surface area contributed by atoms with Crippen molar-refractivity contribution in [1.29, 1.82) is 10.5 Å². The van der Waals surface area contributed by atoms with Gasteiger partial charge in [0.2, 0.25) is 0 Å². The number of hydrogen-bond acceptors (Lipinski definition) is 7. The molecule has 0 amide bonds. The first-order valence-corrected chi connectivity index (χ1v) is 17.4. The van der Waals surface area contributed by atoms with Crippen LogP contribution in [0.15, 0.2) is 30.4 Å². The summed E-state index contributed by atoms with van der Waals surface area (Å²) < 4.78 is 12.8. The molecule has 8 heteroatoms. The third-order valence-electron chi connectivity index (χ3n) is 10.1. The smallest absolute Gasteiger partial charge is 0.136 e. The van der Waals surface area contributed by atoms with Crippen molar-refractivity contribution in [3.05, 3.63) is 58.6 Å². The third-order valence-corrected chi connectivity index (χ3v) is 10.1. The van der Waals surface area contributed by atoms with E-state index >= 15 is 0 Å². The SMILES string of the molecule is C#N.CC.CC12CCCN1CC(F)C2.CCc1nc2c(c(N3CC=CCCC3)n1)CCC(C)(CCCc1ccc(N)c(C#N)c1)C2. The first-order chi connectivity index (χ1) is 22.2. The summed E-state index contributed by atoms with van der Waals surface area (Å²) in [4.78, 5) is 14.7. The Labute approximate surface area is 277 Å². The largest absolute Gasteiger partial charge is 0.398 e. The van der Waals surface area contributed by atoms with Crippen molar-refractivity contribution in [2.45, 2.75) is 123 Å². The molecule has 1 aromatic carbocycles. The molecule has 3 unspecified atom stereocenters. The lowest BCUT2D eigenvalue weighted by atomic mass is 9.71. The molecule has 1 aromatic heterocycles. The number of nitrogens with two attached hydrogens (primary N) is 1. The molecule has 6 rings (SSSR count). The lowest BCUT2D eigenvalue weighted by molar-refractivity contribution is 0.217. The highest BCUT2D eigenvalue weighted by atomic mass is 19.1. The minimum atomic E-state index is -0.551. The summed E-state index contributed by atoms with van der Waals surface area (Å²) in [6.45, 7) is 18.1. The maximum atomic E-state index is 12.8. The molecule has 2 N–H and O–H groups in total. The summed E-state index contributed by atoms with van der Waals surface area (Å²) >= 11 is 0. The number of benzene rings is 1. The fourth-order valence-corrected chi connectivity index (χ4v) is 7.50. The van der Waals surface area contributed by atoms with E-state index in [4.69, 9.17) is 21.0 Å². The Kier molecular flexibility index (Phi) is 14.0. The number of anilines is 2. The minimum absolute atomic E-state index is 0.236. The van der Waals surface area contributed by atoms with Gasteiger partial charge >= 0.3 is 0 Å². The predicted molar refractivity (Wildman–Crippen MR) is 187 cm³/mol. The Bertz CT molecular complexity index is 1360. The number of aryl methyl sites for hydroxylation is 2. The van der Waals surface area contributed by atoms with Crippen molar-refractivity contribution in [1.82, 2.24) is 14.9 Å². The van der Waals surface area contributed by atoms with Crippen LogP contribution in [0.3, 0.4) is 0 Å². The summed E-state index contributed by atoms with van der Waals surface area (Å²) in [5.41, 5.74) is 11.4. The molecule has 250 valence electrons. The number of hydrogen-bond donors (Lipinski definition) is 1. The van der Waals surface area contributed by atoms with Gasteiger partial charge in [0.1, 0.15) is 23.9 Å². The van der Waals surface area contributed by atoms with Crippen molar-refractivity contribution < 1.29 is 4.39 Å². The van der Waals surface area contributed by atoms with Crippen molar-refractivity contribution in [3.63, 3.8) is 0 Å². The molecule has 3 aliphatic heterocycles. The standard InChI is InChI=1S/C27H35N5.C8H14FN.C2H6.CHN/c1-3-25-30-24-18-27(2,13-8-9-20-10-11-23(29)21(17-20)19-28)14-12-22(24)26(31-25)32-15-6-4-5-7-16-32;1-8-3-2-4-10(8)6-7(9)5-8;2*1-2/h4,6,10-11,17H,3,5,7-9,12-16,18,29H2,1-2H3;7H,2-6H2,1H3;1-2H3;1H. The Hall–Kier alpha value is -3.49. The Morgan fingerprint density at radius 2 is 1.89 bits per heavy atom. The zero-order chi connectivity index (χ0) is 33.7. The van der Waals surface area contributed by atoms with Crippen molar-refractivity contribution in [2.24, 2.45) is 5.41 Å². The van der Waals surface area contributed by atoms with E-state index in [1.807, 2.05) is 26.0 Å². The average molecular weight is 630 g/mol. The molecule has 3 atom stereocenters. The monoisotopic (exact) mass is 629 g/mol. The molecule has 0 spiro atoms. The van der Waals surface area contributed by atoms with Crippen LogP contribution in [0.5, 0.6) is 0 Å². The van der Waals surface area contributed by atoms with E-state index in [9.17, 15) is 9.65 Å². The van der Waals surface area contributed by atoms with E-state index in [-0.39, 0.29) is 11.0 Å². The molecule has 2 fully saturated rings. The number of fused-ring (bicyclic) bond motifs is 2. The van der Waals surface area contributed by atoms with Crippen molar-refractivity contribution in [3.8, 4) is 12.6 Å². The van der Waals surface area contributed by atoms with E-state index in [0.717, 1.165) is 76.8 Å². The number of rotatable bonds is 6. The van der Waals surface area contributed by atoms with Gasteiger partial charge < -0.3 is 10.6 Å². The van der Waals surface area contributed by atoms with Crippen LogP contribution in [-0.2, 0) is 25.7 Å². The van der Waals surface area contributed by atoms with E-state index < -0.39 is 6.17 Å². The van der Waals surface area contributed by atoms with Crippen LogP contribution in [0.1, 0.15) is 114 Å². The average Bonchev–Trinajstić information content (AvgIpc) is 3.40. The second kappa shape index (κ2) is 17.4. The molecule has 1 aliphatic carbocycles. The van der Waals surface area contributed by atoms with Gasteiger partial charge in [-0.05, 0) is 107 Å². The molecular formula is C38H56FN7. The van der Waals surface area contributed by atoms with Crippen LogP contribution in [0, 0.1) is 28.6 Å². The fraction of sp³-hybridized carbons (Fsp3) is 0.632. The summed E-state index contributed by atoms with van der Waals surface area (Å²) in [6.07, 6.45) is 17.0. The molecule has 0 saturated carbocycles. The van der Waals surface area contributed by atoms with Gasteiger partial charge in [0, 0.05) is 55.1 Å². The van der Waals surface area contributed by atoms with Gasteiger partial charge in [0.05, 0.1) is 5.56 Å². The topological polar surface area (TPSA) is 106 Å². The van der Waals surface area contributed by atoms with Crippen LogP contribution in [0.2, 0.25) is 0 Å². The molecule has 0 bridgehead atoms. The number of nitrogens with zero attached hydrogens (tertiary/aromatic N) is 6. The van der Waals surface area contributed by atoms with Gasteiger partial charge in [-0.1, -0.05) is 45.9 Å². The second-order valence-electron chi connectivity index (χ2n) is 13.5. The normalized spacial score (nSPS) is 24.8. The van der Waals surface area contributed by atoms with Crippen LogP contribution < -0.4 is 10.6 Å². The highest BCUT2D eigenvalue weighted by molar-refractivity contribution is 5.55. The van der Waals surface area contributed by atoms with Gasteiger partial charge in [-0.2, -0.15) is 5.26 Å². The molecule has 0 radical (unpaired) electrons. The quantitative estimate of drug-likeness (QED) is 0.256. The summed E-state index contributed by atoms with van der Waals surface area (Å²) in [7, 11) is 0. The summed E-state index contributed by atoms with van der Waals surface area (Å²) in [5.74, 6) is 2.16. The maximum Gasteiger partial charge on any atom is 0.136 e. The van der Waals surface area contributed by atoms with E-state index in [1.54, 1.807) is 0 Å². The predicted octanol–water partition coefficient (Wildman–Crippen LogP) is 7.92. The zero-order valence-corrected chi connectivity index (χ0v) is 29.0. The molecule has 2 saturated heterocycles. The molecule has 7 nitrogen and oxygen atoms in total. The van der Waals surface area contributed by atoms with Gasteiger partial charge in [0.15, 0.2) is 0 Å². The third kappa shape index (κ3) is 9.29. The van der Waals surface area contributed by atoms with E-state index in [1.165, 1.54) is 48.3 Å². The molecule has 46 heavy (non-hydrogen) atoms. The van der Waals surface area contributed by atoms with Gasteiger partial charge in [-0.15, -0.1) is 0 Å². The fourth-order valence-electron chi connectivity index (χ4n) is 7.50. The maximum absolute atomic E-state index is 12.8. The number of nitrogen functional groups attached to an aromatic ring is 1. The Balaban J connectivity index is 0.000000342.